The zero-order valence-corrected chi connectivity index (χ0v) is 16.4. The Labute approximate surface area is 177 Å². The Morgan fingerprint density at radius 1 is 1.03 bits per heavy atom. The monoisotopic (exact) mass is 417 g/mol. The van der Waals surface area contributed by atoms with Gasteiger partial charge in [0.2, 0.25) is 5.91 Å². The van der Waals surface area contributed by atoms with Crippen LogP contribution in [0.3, 0.4) is 0 Å². The predicted molar refractivity (Wildman–Crippen MR) is 113 cm³/mol. The van der Waals surface area contributed by atoms with Crippen molar-refractivity contribution in [2.45, 2.75) is 12.8 Å². The van der Waals surface area contributed by atoms with Gasteiger partial charge in [-0.2, -0.15) is 4.98 Å². The molecule has 4 aromatic rings. The van der Waals surface area contributed by atoms with Crippen LogP contribution in [0.25, 0.3) is 10.9 Å². The van der Waals surface area contributed by atoms with Crippen LogP contribution in [0.15, 0.2) is 65.3 Å². The third kappa shape index (κ3) is 5.02. The number of phenolic OH excluding ortho intramolecular Hbond substituents is 1. The first-order chi connectivity index (χ1) is 15.1. The number of carbonyl (C=O) groups excluding carboxylic acids is 2. The number of fused-ring (bicyclic) bond motifs is 1. The summed E-state index contributed by atoms with van der Waals surface area (Å²) in [6.45, 7) is 0.358. The number of carbonyl (C=O) groups is 2. The van der Waals surface area contributed by atoms with E-state index >= 15 is 0 Å². The lowest BCUT2D eigenvalue weighted by molar-refractivity contribution is -0.115. The molecule has 0 unspecified atom stereocenters. The molecule has 4 rings (SSSR count). The quantitative estimate of drug-likeness (QED) is 0.421. The van der Waals surface area contributed by atoms with E-state index in [1.54, 1.807) is 48.7 Å². The fraction of sp³-hybridized carbons (Fsp3) is 0.136. The van der Waals surface area contributed by atoms with Gasteiger partial charge in [-0.15, -0.1) is 0 Å². The third-order valence-corrected chi connectivity index (χ3v) is 4.54. The van der Waals surface area contributed by atoms with Crippen molar-refractivity contribution < 1.29 is 19.2 Å². The van der Waals surface area contributed by atoms with Crippen LogP contribution in [0.2, 0.25) is 0 Å². The number of nitrogens with one attached hydrogen (secondary N) is 2. The molecule has 2 aromatic carbocycles. The Balaban J connectivity index is 1.31. The average molecular weight is 417 g/mol. The molecule has 2 heterocycles. The molecular weight excluding hydrogens is 398 g/mol. The molecule has 3 N–H and O–H groups in total. The van der Waals surface area contributed by atoms with Crippen LogP contribution in [0.5, 0.6) is 5.75 Å². The van der Waals surface area contributed by atoms with Crippen LogP contribution in [-0.4, -0.2) is 38.6 Å². The number of nitrogens with zero attached hydrogens (tertiary/aromatic N) is 3. The molecular formula is C22H19N5O4. The molecule has 2 aromatic heterocycles. The van der Waals surface area contributed by atoms with E-state index in [0.717, 1.165) is 16.5 Å². The second-order valence-corrected chi connectivity index (χ2v) is 6.79. The van der Waals surface area contributed by atoms with Crippen molar-refractivity contribution in [1.29, 1.82) is 0 Å². The maximum atomic E-state index is 12.4. The number of rotatable bonds is 7. The summed E-state index contributed by atoms with van der Waals surface area (Å²) in [6.07, 6.45) is 2.13. The maximum Gasteiger partial charge on any atom is 0.315 e. The van der Waals surface area contributed by atoms with Crippen molar-refractivity contribution in [3.63, 3.8) is 0 Å². The number of anilines is 1. The number of hydrogen-bond acceptors (Lipinski definition) is 7. The van der Waals surface area contributed by atoms with Crippen molar-refractivity contribution in [1.82, 2.24) is 20.4 Å². The molecule has 31 heavy (non-hydrogen) atoms. The highest BCUT2D eigenvalue weighted by Crippen LogP contribution is 2.21. The molecule has 0 radical (unpaired) electrons. The van der Waals surface area contributed by atoms with Crippen molar-refractivity contribution in [3.8, 4) is 5.75 Å². The van der Waals surface area contributed by atoms with E-state index in [1.807, 2.05) is 12.1 Å². The zero-order chi connectivity index (χ0) is 21.6. The number of aromatic hydroxyl groups is 1. The molecule has 0 bridgehead atoms. The van der Waals surface area contributed by atoms with Crippen molar-refractivity contribution >= 4 is 28.4 Å². The standard InChI is InChI=1S/C22H19N5O4/c28-15-8-6-14(7-9-15)10-12-24-21(30)22-26-19(27-31-22)13-20(29)25-18-5-1-4-17-16(18)3-2-11-23-17/h1-9,11,28H,10,12-13H2,(H,24,30)(H,25,29). The highest BCUT2D eigenvalue weighted by molar-refractivity contribution is 6.01. The van der Waals surface area contributed by atoms with E-state index in [-0.39, 0.29) is 29.8 Å². The number of aromatic nitrogens is 3. The number of hydrogen-bond donors (Lipinski definition) is 3. The van der Waals surface area contributed by atoms with Gasteiger partial charge in [0.05, 0.1) is 17.6 Å². The highest BCUT2D eigenvalue weighted by Gasteiger charge is 2.17. The van der Waals surface area contributed by atoms with Crippen LogP contribution in [0.4, 0.5) is 5.69 Å². The smallest absolute Gasteiger partial charge is 0.315 e. The second kappa shape index (κ2) is 9.04. The normalized spacial score (nSPS) is 10.7. The molecule has 9 nitrogen and oxygen atoms in total. The van der Waals surface area contributed by atoms with Gasteiger partial charge in [-0.1, -0.05) is 23.4 Å². The molecule has 156 valence electrons. The van der Waals surface area contributed by atoms with Crippen LogP contribution < -0.4 is 10.6 Å². The fourth-order valence-electron chi connectivity index (χ4n) is 3.03. The van der Waals surface area contributed by atoms with Gasteiger partial charge in [0.25, 0.3) is 0 Å². The van der Waals surface area contributed by atoms with Gasteiger partial charge in [0.1, 0.15) is 5.75 Å². The Morgan fingerprint density at radius 2 is 1.87 bits per heavy atom. The van der Waals surface area contributed by atoms with Gasteiger partial charge in [-0.25, -0.2) is 0 Å². The topological polar surface area (TPSA) is 130 Å². The zero-order valence-electron chi connectivity index (χ0n) is 16.4. The van der Waals surface area contributed by atoms with Crippen molar-refractivity contribution in [2.75, 3.05) is 11.9 Å². The minimum atomic E-state index is -0.516. The summed E-state index contributed by atoms with van der Waals surface area (Å²) in [6, 6.07) is 15.8. The first-order valence-electron chi connectivity index (χ1n) is 9.61. The number of amides is 2. The lowest BCUT2D eigenvalue weighted by Crippen LogP contribution is -2.26. The van der Waals surface area contributed by atoms with Crippen LogP contribution >= 0.6 is 0 Å². The second-order valence-electron chi connectivity index (χ2n) is 6.79. The molecule has 0 spiro atoms. The molecule has 0 aliphatic rings. The Hall–Kier alpha value is -4.27. The van der Waals surface area contributed by atoms with Gasteiger partial charge in [-0.3, -0.25) is 14.6 Å². The summed E-state index contributed by atoms with van der Waals surface area (Å²) in [7, 11) is 0. The van der Waals surface area contributed by atoms with Crippen LogP contribution in [-0.2, 0) is 17.6 Å². The third-order valence-electron chi connectivity index (χ3n) is 4.54. The highest BCUT2D eigenvalue weighted by atomic mass is 16.5. The lowest BCUT2D eigenvalue weighted by Gasteiger charge is -2.07. The summed E-state index contributed by atoms with van der Waals surface area (Å²) < 4.78 is 4.97. The van der Waals surface area contributed by atoms with Crippen LogP contribution in [0.1, 0.15) is 22.1 Å². The minimum Gasteiger partial charge on any atom is -0.508 e. The fourth-order valence-corrected chi connectivity index (χ4v) is 3.03. The summed E-state index contributed by atoms with van der Waals surface area (Å²) in [5.74, 6) is -0.760. The first-order valence-corrected chi connectivity index (χ1v) is 9.61. The van der Waals surface area contributed by atoms with Gasteiger partial charge >= 0.3 is 11.8 Å². The molecule has 0 fully saturated rings. The number of phenols is 1. The largest absolute Gasteiger partial charge is 0.508 e. The molecule has 2 amide bonds. The summed E-state index contributed by atoms with van der Waals surface area (Å²) in [5.41, 5.74) is 2.36. The minimum absolute atomic E-state index is 0.111. The predicted octanol–water partition coefficient (Wildman–Crippen LogP) is 2.48. The molecule has 0 saturated heterocycles. The Morgan fingerprint density at radius 3 is 2.71 bits per heavy atom. The number of pyridine rings is 1. The first kappa shape index (κ1) is 20.0. The van der Waals surface area contributed by atoms with Gasteiger partial charge < -0.3 is 20.3 Å². The molecule has 0 atom stereocenters. The van der Waals surface area contributed by atoms with E-state index in [1.165, 1.54) is 0 Å². The molecule has 0 saturated carbocycles. The van der Waals surface area contributed by atoms with Gasteiger partial charge in [-0.05, 0) is 48.4 Å². The van der Waals surface area contributed by atoms with Crippen molar-refractivity contribution in [3.05, 3.63) is 78.1 Å². The lowest BCUT2D eigenvalue weighted by atomic mass is 10.1. The van der Waals surface area contributed by atoms with E-state index in [0.29, 0.717) is 18.7 Å². The van der Waals surface area contributed by atoms with E-state index in [4.69, 9.17) is 4.52 Å². The Kier molecular flexibility index (Phi) is 5.84. The molecule has 9 heteroatoms. The van der Waals surface area contributed by atoms with E-state index < -0.39 is 5.91 Å². The summed E-state index contributed by atoms with van der Waals surface area (Å²) in [4.78, 5) is 32.8. The van der Waals surface area contributed by atoms with Crippen LogP contribution in [0, 0.1) is 0 Å². The van der Waals surface area contributed by atoms with Crippen molar-refractivity contribution in [2.24, 2.45) is 0 Å². The molecule has 0 aliphatic heterocycles. The van der Waals surface area contributed by atoms with E-state index in [9.17, 15) is 14.7 Å². The number of benzene rings is 2. The van der Waals surface area contributed by atoms with Gasteiger partial charge in [0.15, 0.2) is 5.82 Å². The van der Waals surface area contributed by atoms with E-state index in [2.05, 4.69) is 25.8 Å². The summed E-state index contributed by atoms with van der Waals surface area (Å²) in [5, 5.41) is 19.3. The van der Waals surface area contributed by atoms with Gasteiger partial charge in [0, 0.05) is 18.1 Å². The Bertz CT molecular complexity index is 1210. The average Bonchev–Trinajstić information content (AvgIpc) is 3.24. The molecule has 0 aliphatic carbocycles. The maximum absolute atomic E-state index is 12.4. The SMILES string of the molecule is O=C(Cc1noc(C(=O)NCCc2ccc(O)cc2)n1)Nc1cccc2ncccc12. The summed E-state index contributed by atoms with van der Waals surface area (Å²) >= 11 is 0.